The number of nitro groups is 1. The molecule has 2 unspecified atom stereocenters. The lowest BCUT2D eigenvalue weighted by molar-refractivity contribution is -0.385. The molecule has 1 rings (SSSR count). The summed E-state index contributed by atoms with van der Waals surface area (Å²) in [5.41, 5.74) is 0.874. The summed E-state index contributed by atoms with van der Waals surface area (Å²) >= 11 is 3.17. The average Bonchev–Trinajstić information content (AvgIpc) is 2.30. The Morgan fingerprint density at radius 1 is 1.47 bits per heavy atom. The topological polar surface area (TPSA) is 55.2 Å². The van der Waals surface area contributed by atoms with Crippen LogP contribution in [0.2, 0.25) is 0 Å². The van der Waals surface area contributed by atoms with Gasteiger partial charge in [-0.05, 0) is 40.9 Å². The first-order chi connectivity index (χ1) is 7.95. The lowest BCUT2D eigenvalue weighted by Gasteiger charge is -2.21. The van der Waals surface area contributed by atoms with Crippen LogP contribution in [-0.2, 0) is 0 Å². The zero-order chi connectivity index (χ0) is 13.0. The summed E-state index contributed by atoms with van der Waals surface area (Å²) in [5.74, 6) is 0.526. The van der Waals surface area contributed by atoms with Gasteiger partial charge in [-0.3, -0.25) is 10.1 Å². The van der Waals surface area contributed by atoms with Crippen LogP contribution in [0.4, 0.5) is 11.4 Å². The molecule has 5 heteroatoms. The van der Waals surface area contributed by atoms with Gasteiger partial charge in [0.15, 0.2) is 0 Å². The first kappa shape index (κ1) is 14.0. The third-order valence-corrected chi connectivity index (χ3v) is 3.71. The molecular formula is C12H17BrN2O2. The number of nitro benzene ring substituents is 1. The van der Waals surface area contributed by atoms with Gasteiger partial charge in [0.2, 0.25) is 0 Å². The van der Waals surface area contributed by atoms with E-state index in [1.807, 2.05) is 6.07 Å². The number of hydrogen-bond acceptors (Lipinski definition) is 3. The molecule has 0 aliphatic carbocycles. The Morgan fingerprint density at radius 2 is 2.12 bits per heavy atom. The summed E-state index contributed by atoms with van der Waals surface area (Å²) in [4.78, 5) is 10.4. The highest BCUT2D eigenvalue weighted by Gasteiger charge is 2.15. The largest absolute Gasteiger partial charge is 0.382 e. The van der Waals surface area contributed by atoms with Crippen molar-refractivity contribution in [2.45, 2.75) is 33.2 Å². The van der Waals surface area contributed by atoms with Gasteiger partial charge in [0.25, 0.3) is 5.69 Å². The van der Waals surface area contributed by atoms with Crippen molar-refractivity contribution in [3.05, 3.63) is 32.8 Å². The van der Waals surface area contributed by atoms with Crippen molar-refractivity contribution in [3.63, 3.8) is 0 Å². The standard InChI is InChI=1S/C12H17BrN2O2/c1-4-8(2)9(3)14-10-5-6-11(13)12(7-10)15(16)17/h5-9,14H,4H2,1-3H3. The summed E-state index contributed by atoms with van der Waals surface area (Å²) in [5, 5.41) is 14.1. The third-order valence-electron chi connectivity index (χ3n) is 3.03. The van der Waals surface area contributed by atoms with Crippen LogP contribution < -0.4 is 5.32 Å². The number of hydrogen-bond donors (Lipinski definition) is 1. The zero-order valence-corrected chi connectivity index (χ0v) is 11.8. The molecule has 0 spiro atoms. The predicted octanol–water partition coefficient (Wildman–Crippen LogP) is 4.20. The maximum Gasteiger partial charge on any atom is 0.285 e. The minimum atomic E-state index is -0.386. The quantitative estimate of drug-likeness (QED) is 0.655. The molecule has 0 bridgehead atoms. The van der Waals surface area contributed by atoms with Crippen LogP contribution in [-0.4, -0.2) is 11.0 Å². The van der Waals surface area contributed by atoms with E-state index in [0.717, 1.165) is 12.1 Å². The smallest absolute Gasteiger partial charge is 0.285 e. The van der Waals surface area contributed by atoms with Crippen LogP contribution in [0, 0.1) is 16.0 Å². The molecule has 1 aromatic carbocycles. The van der Waals surface area contributed by atoms with Gasteiger partial charge >= 0.3 is 0 Å². The molecular weight excluding hydrogens is 284 g/mol. The van der Waals surface area contributed by atoms with E-state index in [9.17, 15) is 10.1 Å². The van der Waals surface area contributed by atoms with E-state index >= 15 is 0 Å². The Bertz CT molecular complexity index is 409. The van der Waals surface area contributed by atoms with Gasteiger partial charge in [0, 0.05) is 17.8 Å². The van der Waals surface area contributed by atoms with E-state index in [4.69, 9.17) is 0 Å². The van der Waals surface area contributed by atoms with Crippen molar-refractivity contribution in [2.24, 2.45) is 5.92 Å². The minimum absolute atomic E-state index is 0.0892. The second-order valence-corrected chi connectivity index (χ2v) is 5.10. The molecule has 0 amide bonds. The molecule has 0 saturated heterocycles. The minimum Gasteiger partial charge on any atom is -0.382 e. The molecule has 4 nitrogen and oxygen atoms in total. The maximum absolute atomic E-state index is 10.8. The normalized spacial score (nSPS) is 14.1. The lowest BCUT2D eigenvalue weighted by Crippen LogP contribution is -2.23. The number of anilines is 1. The lowest BCUT2D eigenvalue weighted by atomic mass is 10.0. The zero-order valence-electron chi connectivity index (χ0n) is 10.2. The van der Waals surface area contributed by atoms with Gasteiger partial charge in [-0.15, -0.1) is 0 Å². The first-order valence-electron chi connectivity index (χ1n) is 5.66. The van der Waals surface area contributed by atoms with Gasteiger partial charge in [0.1, 0.15) is 0 Å². The van der Waals surface area contributed by atoms with E-state index in [-0.39, 0.29) is 10.6 Å². The second kappa shape index (κ2) is 6.00. The highest BCUT2D eigenvalue weighted by Crippen LogP contribution is 2.28. The fourth-order valence-electron chi connectivity index (χ4n) is 1.50. The third kappa shape index (κ3) is 3.70. The average molecular weight is 301 g/mol. The Kier molecular flexibility index (Phi) is 4.93. The summed E-state index contributed by atoms with van der Waals surface area (Å²) in [6.45, 7) is 6.37. The second-order valence-electron chi connectivity index (χ2n) is 4.24. The first-order valence-corrected chi connectivity index (χ1v) is 6.45. The van der Waals surface area contributed by atoms with Crippen LogP contribution in [0.1, 0.15) is 27.2 Å². The van der Waals surface area contributed by atoms with Gasteiger partial charge in [-0.2, -0.15) is 0 Å². The van der Waals surface area contributed by atoms with Crippen molar-refractivity contribution in [3.8, 4) is 0 Å². The fraction of sp³-hybridized carbons (Fsp3) is 0.500. The van der Waals surface area contributed by atoms with Crippen molar-refractivity contribution < 1.29 is 4.92 Å². The SMILES string of the molecule is CCC(C)C(C)Nc1ccc(Br)c([N+](=O)[O-])c1. The van der Waals surface area contributed by atoms with Crippen molar-refractivity contribution in [2.75, 3.05) is 5.32 Å². The van der Waals surface area contributed by atoms with E-state index in [1.165, 1.54) is 0 Å². The fourth-order valence-corrected chi connectivity index (χ4v) is 1.89. The molecule has 0 fully saturated rings. The number of nitrogens with zero attached hydrogens (tertiary/aromatic N) is 1. The van der Waals surface area contributed by atoms with E-state index < -0.39 is 0 Å². The summed E-state index contributed by atoms with van der Waals surface area (Å²) in [6, 6.07) is 5.39. The molecule has 0 aromatic heterocycles. The van der Waals surface area contributed by atoms with Crippen molar-refractivity contribution >= 4 is 27.3 Å². The van der Waals surface area contributed by atoms with Crippen LogP contribution in [0.25, 0.3) is 0 Å². The van der Waals surface area contributed by atoms with Crippen LogP contribution in [0.5, 0.6) is 0 Å². The molecule has 2 atom stereocenters. The molecule has 17 heavy (non-hydrogen) atoms. The summed E-state index contributed by atoms with van der Waals surface area (Å²) < 4.78 is 0.504. The van der Waals surface area contributed by atoms with Crippen LogP contribution >= 0.6 is 15.9 Å². The molecule has 0 heterocycles. The van der Waals surface area contributed by atoms with Crippen molar-refractivity contribution in [1.82, 2.24) is 0 Å². The Labute approximate surface area is 110 Å². The number of nitrogens with one attached hydrogen (secondary N) is 1. The molecule has 0 saturated carbocycles. The predicted molar refractivity (Wildman–Crippen MR) is 73.3 cm³/mol. The van der Waals surface area contributed by atoms with E-state index in [0.29, 0.717) is 16.4 Å². The molecule has 0 aliphatic heterocycles. The molecule has 0 radical (unpaired) electrons. The molecule has 1 N–H and O–H groups in total. The highest BCUT2D eigenvalue weighted by atomic mass is 79.9. The maximum atomic E-state index is 10.8. The van der Waals surface area contributed by atoms with Gasteiger partial charge < -0.3 is 5.32 Å². The van der Waals surface area contributed by atoms with Crippen LogP contribution in [0.15, 0.2) is 22.7 Å². The van der Waals surface area contributed by atoms with Crippen LogP contribution in [0.3, 0.4) is 0 Å². The Morgan fingerprint density at radius 3 is 2.65 bits per heavy atom. The van der Waals surface area contributed by atoms with Crippen molar-refractivity contribution in [1.29, 1.82) is 0 Å². The summed E-state index contributed by atoms with van der Waals surface area (Å²) in [7, 11) is 0. The number of halogens is 1. The van der Waals surface area contributed by atoms with Gasteiger partial charge in [0.05, 0.1) is 9.40 Å². The Balaban J connectivity index is 2.86. The number of benzene rings is 1. The van der Waals surface area contributed by atoms with Gasteiger partial charge in [-0.25, -0.2) is 0 Å². The van der Waals surface area contributed by atoms with Gasteiger partial charge in [-0.1, -0.05) is 20.3 Å². The monoisotopic (exact) mass is 300 g/mol. The number of rotatable bonds is 5. The highest BCUT2D eigenvalue weighted by molar-refractivity contribution is 9.10. The summed E-state index contributed by atoms with van der Waals surface area (Å²) in [6.07, 6.45) is 1.08. The molecule has 1 aromatic rings. The molecule has 94 valence electrons. The van der Waals surface area contributed by atoms with E-state index in [2.05, 4.69) is 42.0 Å². The van der Waals surface area contributed by atoms with E-state index in [1.54, 1.807) is 12.1 Å². The Hall–Kier alpha value is -1.10. The molecule has 0 aliphatic rings.